The van der Waals surface area contributed by atoms with Gasteiger partial charge in [-0.15, -0.1) is 0 Å². The Bertz CT molecular complexity index is 480. The van der Waals surface area contributed by atoms with Crippen LogP contribution >= 0.6 is 0 Å². The van der Waals surface area contributed by atoms with E-state index in [9.17, 15) is 9.59 Å². The Hall–Kier alpha value is -1.82. The number of carbonyl (C=O) groups is 2. The second-order valence-electron chi connectivity index (χ2n) is 4.31. The van der Waals surface area contributed by atoms with Crippen LogP contribution < -0.4 is 0 Å². The van der Waals surface area contributed by atoms with Crippen LogP contribution in [-0.2, 0) is 16.6 Å². The number of carboxylic acids is 1. The number of carboxylic acid groups (broad SMARTS) is 1. The summed E-state index contributed by atoms with van der Waals surface area (Å²) in [5, 5.41) is 9.02. The molecule has 6 heteroatoms. The van der Waals surface area contributed by atoms with Gasteiger partial charge in [-0.2, -0.15) is 0 Å². The molecule has 1 atom stereocenters. The van der Waals surface area contributed by atoms with E-state index in [1.54, 1.807) is 28.6 Å². The third kappa shape index (κ3) is 2.11. The highest BCUT2D eigenvalue weighted by atomic mass is 16.5. The Morgan fingerprint density at radius 3 is 2.72 bits per heavy atom. The maximum atomic E-state index is 11.6. The van der Waals surface area contributed by atoms with E-state index in [2.05, 4.69) is 0 Å². The van der Waals surface area contributed by atoms with Crippen LogP contribution in [0.25, 0.3) is 0 Å². The van der Waals surface area contributed by atoms with Crippen molar-refractivity contribution >= 4 is 11.9 Å². The van der Waals surface area contributed by atoms with E-state index in [1.165, 1.54) is 6.92 Å². The molecule has 2 heterocycles. The number of rotatable bonds is 2. The number of morpholine rings is 1. The fraction of sp³-hybridized carbons (Fsp3) is 0.500. The van der Waals surface area contributed by atoms with Gasteiger partial charge in [0.1, 0.15) is 5.69 Å². The molecule has 98 valence electrons. The molecule has 1 aromatic rings. The van der Waals surface area contributed by atoms with Crippen molar-refractivity contribution in [3.8, 4) is 0 Å². The maximum absolute atomic E-state index is 11.6. The molecule has 0 spiro atoms. The minimum Gasteiger partial charge on any atom is -0.477 e. The van der Waals surface area contributed by atoms with Gasteiger partial charge in [0.15, 0.2) is 0 Å². The van der Waals surface area contributed by atoms with Crippen LogP contribution in [0, 0.1) is 0 Å². The molecule has 1 aliphatic heterocycles. The van der Waals surface area contributed by atoms with Crippen LogP contribution in [0.5, 0.6) is 0 Å². The van der Waals surface area contributed by atoms with Gasteiger partial charge in [0.2, 0.25) is 5.91 Å². The molecule has 2 rings (SSSR count). The lowest BCUT2D eigenvalue weighted by Crippen LogP contribution is -2.43. The average molecular weight is 252 g/mol. The van der Waals surface area contributed by atoms with E-state index in [-0.39, 0.29) is 17.6 Å². The lowest BCUT2D eigenvalue weighted by molar-refractivity contribution is -0.138. The number of amides is 1. The molecular formula is C12H16N2O4. The topological polar surface area (TPSA) is 71.8 Å². The first-order chi connectivity index (χ1) is 8.52. The lowest BCUT2D eigenvalue weighted by atomic mass is 10.1. The summed E-state index contributed by atoms with van der Waals surface area (Å²) in [6, 6.07) is 3.07. The van der Waals surface area contributed by atoms with Crippen LogP contribution in [0.1, 0.15) is 29.1 Å². The number of carbonyl (C=O) groups excluding carboxylic acids is 1. The minimum atomic E-state index is -0.977. The summed E-state index contributed by atoms with van der Waals surface area (Å²) in [5.74, 6) is -1.00. The van der Waals surface area contributed by atoms with Crippen LogP contribution in [-0.4, -0.2) is 46.2 Å². The van der Waals surface area contributed by atoms with Crippen molar-refractivity contribution in [3.05, 3.63) is 23.5 Å². The van der Waals surface area contributed by atoms with Crippen molar-refractivity contribution < 1.29 is 19.4 Å². The molecule has 0 aromatic carbocycles. The van der Waals surface area contributed by atoms with E-state index in [4.69, 9.17) is 9.84 Å². The van der Waals surface area contributed by atoms with Crippen LogP contribution in [0.15, 0.2) is 12.1 Å². The van der Waals surface area contributed by atoms with E-state index in [0.29, 0.717) is 19.8 Å². The van der Waals surface area contributed by atoms with Gasteiger partial charge in [-0.25, -0.2) is 4.79 Å². The zero-order valence-electron chi connectivity index (χ0n) is 10.4. The number of hydrogen-bond acceptors (Lipinski definition) is 3. The van der Waals surface area contributed by atoms with Crippen molar-refractivity contribution in [1.82, 2.24) is 9.47 Å². The Balaban J connectivity index is 2.34. The fourth-order valence-corrected chi connectivity index (χ4v) is 2.30. The van der Waals surface area contributed by atoms with Gasteiger partial charge >= 0.3 is 5.97 Å². The second-order valence-corrected chi connectivity index (χ2v) is 4.31. The average Bonchev–Trinajstić information content (AvgIpc) is 2.71. The normalized spacial score (nSPS) is 19.9. The molecule has 1 aliphatic rings. The Morgan fingerprint density at radius 1 is 1.44 bits per heavy atom. The van der Waals surface area contributed by atoms with E-state index in [0.717, 1.165) is 5.69 Å². The first kappa shape index (κ1) is 12.6. The van der Waals surface area contributed by atoms with Gasteiger partial charge in [-0.1, -0.05) is 0 Å². The zero-order chi connectivity index (χ0) is 13.3. The Kier molecular flexibility index (Phi) is 3.38. The molecular weight excluding hydrogens is 236 g/mol. The third-order valence-electron chi connectivity index (χ3n) is 3.25. The SMILES string of the molecule is CC(=O)N1CCOCC1c1ccc(C(=O)O)n1C. The van der Waals surface area contributed by atoms with Crippen molar-refractivity contribution in [2.24, 2.45) is 7.05 Å². The number of aromatic nitrogens is 1. The summed E-state index contributed by atoms with van der Waals surface area (Å²) in [4.78, 5) is 24.3. The van der Waals surface area contributed by atoms with Gasteiger partial charge in [0.05, 0.1) is 19.3 Å². The highest BCUT2D eigenvalue weighted by molar-refractivity contribution is 5.86. The molecule has 0 aliphatic carbocycles. The fourth-order valence-electron chi connectivity index (χ4n) is 2.30. The van der Waals surface area contributed by atoms with Crippen molar-refractivity contribution in [1.29, 1.82) is 0 Å². The highest BCUT2D eigenvalue weighted by Crippen LogP contribution is 2.25. The molecule has 0 radical (unpaired) electrons. The molecule has 1 N–H and O–H groups in total. The Morgan fingerprint density at radius 2 is 2.17 bits per heavy atom. The number of nitrogens with zero attached hydrogens (tertiary/aromatic N) is 2. The molecule has 1 amide bonds. The van der Waals surface area contributed by atoms with E-state index in [1.807, 2.05) is 0 Å². The summed E-state index contributed by atoms with van der Waals surface area (Å²) in [5.41, 5.74) is 0.987. The summed E-state index contributed by atoms with van der Waals surface area (Å²) in [7, 11) is 1.69. The predicted molar refractivity (Wildman–Crippen MR) is 63.3 cm³/mol. The van der Waals surface area contributed by atoms with Gasteiger partial charge < -0.3 is 19.3 Å². The van der Waals surface area contributed by atoms with Crippen LogP contribution in [0.4, 0.5) is 0 Å². The molecule has 1 unspecified atom stereocenters. The zero-order valence-corrected chi connectivity index (χ0v) is 10.4. The number of aromatic carboxylic acids is 1. The highest BCUT2D eigenvalue weighted by Gasteiger charge is 2.29. The van der Waals surface area contributed by atoms with Crippen molar-refractivity contribution in [3.63, 3.8) is 0 Å². The summed E-state index contributed by atoms with van der Waals surface area (Å²) in [6.45, 7) is 2.97. The second kappa shape index (κ2) is 4.81. The van der Waals surface area contributed by atoms with Crippen molar-refractivity contribution in [2.75, 3.05) is 19.8 Å². The molecule has 18 heavy (non-hydrogen) atoms. The molecule has 0 bridgehead atoms. The lowest BCUT2D eigenvalue weighted by Gasteiger charge is -2.35. The number of ether oxygens (including phenoxy) is 1. The molecule has 1 fully saturated rings. The predicted octanol–water partition coefficient (Wildman–Crippen LogP) is 0.643. The van der Waals surface area contributed by atoms with Crippen LogP contribution in [0.3, 0.4) is 0 Å². The quantitative estimate of drug-likeness (QED) is 0.838. The summed E-state index contributed by atoms with van der Waals surface area (Å²) >= 11 is 0. The summed E-state index contributed by atoms with van der Waals surface area (Å²) in [6.07, 6.45) is 0. The largest absolute Gasteiger partial charge is 0.477 e. The van der Waals surface area contributed by atoms with Gasteiger partial charge in [0, 0.05) is 26.2 Å². The standard InChI is InChI=1S/C12H16N2O4/c1-8(15)14-5-6-18-7-11(14)9-3-4-10(12(16)17)13(9)2/h3-4,11H,5-7H2,1-2H3,(H,16,17). The third-order valence-corrected chi connectivity index (χ3v) is 3.25. The summed E-state index contributed by atoms with van der Waals surface area (Å²) < 4.78 is 6.98. The van der Waals surface area contributed by atoms with Crippen molar-refractivity contribution in [2.45, 2.75) is 13.0 Å². The monoisotopic (exact) mass is 252 g/mol. The first-order valence-corrected chi connectivity index (χ1v) is 5.76. The first-order valence-electron chi connectivity index (χ1n) is 5.76. The van der Waals surface area contributed by atoms with Gasteiger partial charge in [-0.3, -0.25) is 4.79 Å². The Labute approximate surface area is 105 Å². The molecule has 1 aromatic heterocycles. The van der Waals surface area contributed by atoms with E-state index >= 15 is 0 Å². The van der Waals surface area contributed by atoms with Gasteiger partial charge in [0.25, 0.3) is 0 Å². The molecule has 1 saturated heterocycles. The number of hydrogen-bond donors (Lipinski definition) is 1. The molecule has 6 nitrogen and oxygen atoms in total. The minimum absolute atomic E-state index is 0.0265. The van der Waals surface area contributed by atoms with Gasteiger partial charge in [-0.05, 0) is 12.1 Å². The van der Waals surface area contributed by atoms with Crippen LogP contribution in [0.2, 0.25) is 0 Å². The van der Waals surface area contributed by atoms with E-state index < -0.39 is 5.97 Å². The molecule has 0 saturated carbocycles. The maximum Gasteiger partial charge on any atom is 0.352 e. The smallest absolute Gasteiger partial charge is 0.352 e.